The smallest absolute Gasteiger partial charge is 0.193 e. The van der Waals surface area contributed by atoms with E-state index in [0.29, 0.717) is 18.5 Å². The van der Waals surface area contributed by atoms with Crippen LogP contribution in [0.2, 0.25) is 5.02 Å². The van der Waals surface area contributed by atoms with Gasteiger partial charge in [-0.2, -0.15) is 0 Å². The fourth-order valence-electron chi connectivity index (χ4n) is 3.26. The lowest BCUT2D eigenvalue weighted by atomic mass is 9.93. The summed E-state index contributed by atoms with van der Waals surface area (Å²) in [5, 5.41) is 3.49. The van der Waals surface area contributed by atoms with Crippen LogP contribution in [-0.2, 0) is 6.54 Å². The summed E-state index contributed by atoms with van der Waals surface area (Å²) in [6, 6.07) is 5.13. The van der Waals surface area contributed by atoms with Gasteiger partial charge >= 0.3 is 0 Å². The lowest BCUT2D eigenvalue weighted by Crippen LogP contribution is -2.48. The van der Waals surface area contributed by atoms with Gasteiger partial charge in [0.25, 0.3) is 0 Å². The second kappa shape index (κ2) is 7.87. The van der Waals surface area contributed by atoms with Crippen molar-refractivity contribution in [2.45, 2.75) is 25.9 Å². The number of piperidine rings is 1. The van der Waals surface area contributed by atoms with Crippen LogP contribution >= 0.6 is 11.6 Å². The largest absolute Gasteiger partial charge is 0.352 e. The molecule has 2 atom stereocenters. The van der Waals surface area contributed by atoms with Crippen molar-refractivity contribution in [3.63, 3.8) is 0 Å². The molecule has 2 aromatic rings. The Balaban J connectivity index is 1.65. The quantitative estimate of drug-likeness (QED) is 0.672. The number of halogens is 2. The maximum atomic E-state index is 13.3. The third-order valence-corrected chi connectivity index (χ3v) is 5.06. The predicted octanol–water partition coefficient (Wildman–Crippen LogP) is 3.33. The average Bonchev–Trinajstić information content (AvgIpc) is 3.14. The molecule has 0 aliphatic carbocycles. The van der Waals surface area contributed by atoms with Gasteiger partial charge in [0.05, 0.1) is 17.4 Å². The number of guanidine groups is 1. The van der Waals surface area contributed by atoms with E-state index in [4.69, 9.17) is 11.6 Å². The molecule has 134 valence electrons. The van der Waals surface area contributed by atoms with Crippen molar-refractivity contribution in [3.8, 4) is 0 Å². The molecule has 5 nitrogen and oxygen atoms in total. The number of rotatable bonds is 3. The van der Waals surface area contributed by atoms with Gasteiger partial charge in [0, 0.05) is 39.1 Å². The average molecular weight is 364 g/mol. The lowest BCUT2D eigenvalue weighted by Gasteiger charge is -2.39. The van der Waals surface area contributed by atoms with Crippen LogP contribution < -0.4 is 5.32 Å². The summed E-state index contributed by atoms with van der Waals surface area (Å²) >= 11 is 5.85. The molecular formula is C18H23ClFN5. The SMILES string of the molecule is CN=C(NCc1ccc(F)c(Cl)c1)N1CCC(C)C(n2ccnc2)C1. The van der Waals surface area contributed by atoms with E-state index in [-0.39, 0.29) is 5.02 Å². The zero-order valence-corrected chi connectivity index (χ0v) is 15.2. The van der Waals surface area contributed by atoms with Crippen LogP contribution in [0.3, 0.4) is 0 Å². The van der Waals surface area contributed by atoms with Crippen LogP contribution in [0.4, 0.5) is 4.39 Å². The Morgan fingerprint density at radius 3 is 3.00 bits per heavy atom. The van der Waals surface area contributed by atoms with E-state index in [1.54, 1.807) is 19.2 Å². The molecule has 1 aliphatic rings. The first-order chi connectivity index (χ1) is 12.1. The zero-order chi connectivity index (χ0) is 17.8. The number of nitrogens with zero attached hydrogens (tertiary/aromatic N) is 4. The van der Waals surface area contributed by atoms with Crippen molar-refractivity contribution in [3.05, 3.63) is 53.3 Å². The second-order valence-corrected chi connectivity index (χ2v) is 6.85. The zero-order valence-electron chi connectivity index (χ0n) is 14.5. The van der Waals surface area contributed by atoms with Gasteiger partial charge in [-0.3, -0.25) is 4.99 Å². The van der Waals surface area contributed by atoms with Crippen LogP contribution in [-0.4, -0.2) is 40.5 Å². The van der Waals surface area contributed by atoms with E-state index in [0.717, 1.165) is 31.0 Å². The van der Waals surface area contributed by atoms with Crippen LogP contribution in [0.1, 0.15) is 24.9 Å². The maximum absolute atomic E-state index is 13.3. The molecule has 0 radical (unpaired) electrons. The Morgan fingerprint density at radius 2 is 2.32 bits per heavy atom. The highest BCUT2D eigenvalue weighted by Gasteiger charge is 2.28. The summed E-state index contributed by atoms with van der Waals surface area (Å²) in [5.74, 6) is 1.03. The second-order valence-electron chi connectivity index (χ2n) is 6.44. The highest BCUT2D eigenvalue weighted by molar-refractivity contribution is 6.30. The van der Waals surface area contributed by atoms with Crippen molar-refractivity contribution in [2.75, 3.05) is 20.1 Å². The number of hydrogen-bond donors (Lipinski definition) is 1. The van der Waals surface area contributed by atoms with Crippen molar-refractivity contribution < 1.29 is 4.39 Å². The van der Waals surface area contributed by atoms with Gasteiger partial charge in [0.1, 0.15) is 5.82 Å². The van der Waals surface area contributed by atoms with Crippen LogP contribution in [0.5, 0.6) is 0 Å². The molecule has 1 aliphatic heterocycles. The number of hydrogen-bond acceptors (Lipinski definition) is 2. The summed E-state index contributed by atoms with van der Waals surface area (Å²) < 4.78 is 15.4. The Hall–Kier alpha value is -2.08. The van der Waals surface area contributed by atoms with Crippen molar-refractivity contribution in [2.24, 2.45) is 10.9 Å². The number of aliphatic imine (C=N–C) groups is 1. The molecule has 1 fully saturated rings. The van der Waals surface area contributed by atoms with E-state index in [2.05, 4.69) is 31.7 Å². The van der Waals surface area contributed by atoms with Gasteiger partial charge < -0.3 is 14.8 Å². The van der Waals surface area contributed by atoms with E-state index in [1.165, 1.54) is 6.07 Å². The standard InChI is InChI=1S/C18H23ClFN5/c1-13-5-7-24(11-17(13)25-8-6-22-12-25)18(21-2)23-10-14-3-4-16(20)15(19)9-14/h3-4,6,8-9,12-13,17H,5,7,10-11H2,1-2H3,(H,21,23). The molecule has 3 rings (SSSR count). The molecule has 1 saturated heterocycles. The van der Waals surface area contributed by atoms with Gasteiger partial charge in [-0.1, -0.05) is 24.6 Å². The minimum atomic E-state index is -0.400. The Bertz CT molecular complexity index is 731. The van der Waals surface area contributed by atoms with Crippen molar-refractivity contribution >= 4 is 17.6 Å². The van der Waals surface area contributed by atoms with E-state index in [9.17, 15) is 4.39 Å². The molecule has 25 heavy (non-hydrogen) atoms. The first kappa shape index (κ1) is 17.7. The molecule has 1 aromatic heterocycles. The Kier molecular flexibility index (Phi) is 5.58. The van der Waals surface area contributed by atoms with Gasteiger partial charge in [-0.05, 0) is 30.0 Å². The topological polar surface area (TPSA) is 45.5 Å². The summed E-state index contributed by atoms with van der Waals surface area (Å²) in [6.45, 7) is 4.66. The van der Waals surface area contributed by atoms with Gasteiger partial charge in [0.2, 0.25) is 0 Å². The minimum absolute atomic E-state index is 0.140. The van der Waals surface area contributed by atoms with Crippen LogP contribution in [0, 0.1) is 11.7 Å². The molecule has 0 amide bonds. The van der Waals surface area contributed by atoms with E-state index < -0.39 is 5.82 Å². The molecule has 7 heteroatoms. The normalized spacial score (nSPS) is 21.4. The molecule has 0 bridgehead atoms. The number of aromatic nitrogens is 2. The summed E-state index contributed by atoms with van der Waals surface area (Å²) in [4.78, 5) is 10.8. The number of benzene rings is 1. The monoisotopic (exact) mass is 363 g/mol. The van der Waals surface area contributed by atoms with Crippen molar-refractivity contribution in [1.29, 1.82) is 0 Å². The molecule has 1 aromatic carbocycles. The first-order valence-electron chi connectivity index (χ1n) is 8.45. The first-order valence-corrected chi connectivity index (χ1v) is 8.83. The van der Waals surface area contributed by atoms with Crippen LogP contribution in [0.15, 0.2) is 41.9 Å². The highest BCUT2D eigenvalue weighted by atomic mass is 35.5. The summed E-state index contributed by atoms with van der Waals surface area (Å²) in [6.07, 6.45) is 6.80. The number of likely N-dealkylation sites (tertiary alicyclic amines) is 1. The van der Waals surface area contributed by atoms with E-state index in [1.807, 2.05) is 18.7 Å². The van der Waals surface area contributed by atoms with E-state index >= 15 is 0 Å². The Labute approximate surface area is 152 Å². The van der Waals surface area contributed by atoms with Gasteiger partial charge in [-0.15, -0.1) is 0 Å². The molecule has 0 spiro atoms. The van der Waals surface area contributed by atoms with Crippen LogP contribution in [0.25, 0.3) is 0 Å². The molecule has 0 saturated carbocycles. The predicted molar refractivity (Wildman–Crippen MR) is 98.2 cm³/mol. The Morgan fingerprint density at radius 1 is 1.48 bits per heavy atom. The minimum Gasteiger partial charge on any atom is -0.352 e. The number of imidazole rings is 1. The third-order valence-electron chi connectivity index (χ3n) is 4.77. The summed E-state index contributed by atoms with van der Waals surface area (Å²) in [7, 11) is 1.78. The fraction of sp³-hybridized carbons (Fsp3) is 0.444. The molecule has 1 N–H and O–H groups in total. The van der Waals surface area contributed by atoms with Gasteiger partial charge in [-0.25, -0.2) is 9.37 Å². The fourth-order valence-corrected chi connectivity index (χ4v) is 3.46. The van der Waals surface area contributed by atoms with Crippen molar-refractivity contribution in [1.82, 2.24) is 19.8 Å². The van der Waals surface area contributed by atoms with Gasteiger partial charge in [0.15, 0.2) is 5.96 Å². The maximum Gasteiger partial charge on any atom is 0.193 e. The molecule has 2 heterocycles. The summed E-state index contributed by atoms with van der Waals surface area (Å²) in [5.41, 5.74) is 0.920. The lowest BCUT2D eigenvalue weighted by molar-refractivity contribution is 0.189. The molecule has 2 unspecified atom stereocenters. The number of nitrogens with one attached hydrogen (secondary N) is 1. The third kappa shape index (κ3) is 4.12. The highest BCUT2D eigenvalue weighted by Crippen LogP contribution is 2.27. The molecular weight excluding hydrogens is 341 g/mol.